The summed E-state index contributed by atoms with van der Waals surface area (Å²) in [6.07, 6.45) is -4.24. The highest BCUT2D eigenvalue weighted by Crippen LogP contribution is 2.19. The van der Waals surface area contributed by atoms with Gasteiger partial charge in [-0.15, -0.1) is 0 Å². The smallest absolute Gasteiger partial charge is 0.333 e. The fourth-order valence-corrected chi connectivity index (χ4v) is 1.43. The van der Waals surface area contributed by atoms with Gasteiger partial charge in [0.2, 0.25) is 0 Å². The molecule has 0 saturated carbocycles. The molecule has 0 aliphatic heterocycles. The Labute approximate surface area is 131 Å². The molecule has 0 saturated heterocycles. The minimum atomic E-state index is -1.47. The Kier molecular flexibility index (Phi) is 7.13. The minimum absolute atomic E-state index is 0.0868. The first kappa shape index (κ1) is 19.1. The molecule has 3 unspecified atom stereocenters. The lowest BCUT2D eigenvalue weighted by atomic mass is 10.2. The predicted octanol–water partition coefficient (Wildman–Crippen LogP) is -1.92. The van der Waals surface area contributed by atoms with Gasteiger partial charge in [-0.2, -0.15) is 0 Å². The van der Waals surface area contributed by atoms with Gasteiger partial charge in [0.05, 0.1) is 19.8 Å². The van der Waals surface area contributed by atoms with Crippen LogP contribution in [0.5, 0.6) is 0 Å². The molecule has 0 aliphatic rings. The van der Waals surface area contributed by atoms with Crippen LogP contribution in [0.15, 0.2) is 12.2 Å². The molecule has 10 nitrogen and oxygen atoms in total. The van der Waals surface area contributed by atoms with Crippen LogP contribution in [0.1, 0.15) is 42.7 Å². The van der Waals surface area contributed by atoms with Gasteiger partial charge in [0.15, 0.2) is 23.6 Å². The number of carbonyl (C=O) groups excluding carboxylic acids is 1. The molecule has 0 fully saturated rings. The molecule has 1 aromatic rings. The second-order valence-electron chi connectivity index (χ2n) is 4.66. The van der Waals surface area contributed by atoms with Crippen molar-refractivity contribution in [3.8, 4) is 0 Å². The maximum absolute atomic E-state index is 11.6. The van der Waals surface area contributed by atoms with E-state index in [4.69, 9.17) is 14.9 Å². The van der Waals surface area contributed by atoms with Gasteiger partial charge in [-0.25, -0.2) is 19.7 Å². The van der Waals surface area contributed by atoms with E-state index in [1.165, 1.54) is 6.92 Å². The lowest BCUT2D eigenvalue weighted by Gasteiger charge is -2.17. The summed E-state index contributed by atoms with van der Waals surface area (Å²) in [7, 11) is 0. The van der Waals surface area contributed by atoms with Crippen LogP contribution in [0.25, 0.3) is 0 Å². The summed E-state index contributed by atoms with van der Waals surface area (Å²) in [4.78, 5) is 22.9. The Bertz CT molecular complexity index is 538. The van der Waals surface area contributed by atoms with Crippen LogP contribution in [0.4, 0.5) is 0 Å². The molecule has 0 aliphatic carbocycles. The monoisotopic (exact) mass is 329 g/mol. The average Bonchev–Trinajstić information content (AvgIpc) is 2.57. The zero-order chi connectivity index (χ0) is 17.6. The summed E-state index contributed by atoms with van der Waals surface area (Å²) in [5.74, 6) is -1.64. The second kappa shape index (κ2) is 8.60. The van der Waals surface area contributed by atoms with Gasteiger partial charge in [0.1, 0.15) is 12.2 Å². The van der Waals surface area contributed by atoms with Crippen LogP contribution in [0.2, 0.25) is 0 Å². The van der Waals surface area contributed by atoms with Crippen molar-refractivity contribution < 1.29 is 35.1 Å². The number of hydrogen-bond donors (Lipinski definition) is 5. The quantitative estimate of drug-likeness (QED) is 0.268. The Morgan fingerprint density at radius 2 is 1.43 bits per heavy atom. The summed E-state index contributed by atoms with van der Waals surface area (Å²) < 4.78 is 4.95. The molecule has 0 radical (unpaired) electrons. The standard InChI is InChI=1S/C13H19N3O7/c1-6(2)13(22)23-9(5-19)12-15-10(7(20)3-17)14-11(16-12)8(21)4-18/h7-9,17-21H,1,3-5H2,2H3. The van der Waals surface area contributed by atoms with Crippen molar-refractivity contribution in [2.24, 2.45) is 0 Å². The molecule has 0 amide bonds. The molecule has 0 aromatic carbocycles. The van der Waals surface area contributed by atoms with Crippen LogP contribution in [-0.4, -0.2) is 66.3 Å². The number of aromatic nitrogens is 3. The third-order valence-electron chi connectivity index (χ3n) is 2.68. The van der Waals surface area contributed by atoms with Gasteiger partial charge >= 0.3 is 5.97 Å². The lowest BCUT2D eigenvalue weighted by Crippen LogP contribution is -2.22. The van der Waals surface area contributed by atoms with E-state index >= 15 is 0 Å². The highest BCUT2D eigenvalue weighted by atomic mass is 16.6. The van der Waals surface area contributed by atoms with Crippen LogP contribution < -0.4 is 0 Å². The van der Waals surface area contributed by atoms with E-state index < -0.39 is 44.1 Å². The molecule has 128 valence electrons. The van der Waals surface area contributed by atoms with E-state index in [1.54, 1.807) is 0 Å². The molecule has 5 N–H and O–H groups in total. The summed E-state index contributed by atoms with van der Waals surface area (Å²) in [5.41, 5.74) is 0.0868. The van der Waals surface area contributed by atoms with Gasteiger partial charge in [0.25, 0.3) is 0 Å². The van der Waals surface area contributed by atoms with E-state index in [9.17, 15) is 20.1 Å². The number of hydrogen-bond acceptors (Lipinski definition) is 10. The third kappa shape index (κ3) is 5.01. The number of aliphatic hydroxyl groups excluding tert-OH is 5. The molecule has 0 bridgehead atoms. The van der Waals surface area contributed by atoms with Crippen LogP contribution in [0.3, 0.4) is 0 Å². The molecule has 0 spiro atoms. The van der Waals surface area contributed by atoms with E-state index in [1.807, 2.05) is 0 Å². The zero-order valence-electron chi connectivity index (χ0n) is 12.5. The average molecular weight is 329 g/mol. The maximum Gasteiger partial charge on any atom is 0.333 e. The Morgan fingerprint density at radius 3 is 1.78 bits per heavy atom. The molecule has 1 heterocycles. The number of nitrogens with zero attached hydrogens (tertiary/aromatic N) is 3. The fourth-order valence-electron chi connectivity index (χ4n) is 1.43. The summed E-state index contributed by atoms with van der Waals surface area (Å²) in [6, 6.07) is 0. The van der Waals surface area contributed by atoms with E-state index in [2.05, 4.69) is 21.5 Å². The van der Waals surface area contributed by atoms with Crippen molar-refractivity contribution in [3.05, 3.63) is 29.6 Å². The number of aliphatic hydroxyl groups is 5. The van der Waals surface area contributed by atoms with Crippen molar-refractivity contribution in [2.45, 2.75) is 25.2 Å². The molecule has 1 aromatic heterocycles. The number of esters is 1. The molecular formula is C13H19N3O7. The molecule has 10 heteroatoms. The summed E-state index contributed by atoms with van der Waals surface area (Å²) >= 11 is 0. The maximum atomic E-state index is 11.6. The van der Waals surface area contributed by atoms with E-state index in [0.29, 0.717) is 0 Å². The number of ether oxygens (including phenoxy) is 1. The largest absolute Gasteiger partial charge is 0.448 e. The number of rotatable bonds is 8. The first-order valence-corrected chi connectivity index (χ1v) is 6.64. The lowest BCUT2D eigenvalue weighted by molar-refractivity contribution is -0.147. The normalized spacial score (nSPS) is 14.9. The Balaban J connectivity index is 3.25. The minimum Gasteiger partial charge on any atom is -0.448 e. The SMILES string of the molecule is C=C(C)C(=O)OC(CO)c1nc(C(O)CO)nc(C(O)CO)n1. The van der Waals surface area contributed by atoms with Crippen LogP contribution >= 0.6 is 0 Å². The third-order valence-corrected chi connectivity index (χ3v) is 2.68. The van der Waals surface area contributed by atoms with E-state index in [0.717, 1.165) is 0 Å². The van der Waals surface area contributed by atoms with Crippen LogP contribution in [-0.2, 0) is 9.53 Å². The second-order valence-corrected chi connectivity index (χ2v) is 4.66. The highest BCUT2D eigenvalue weighted by Gasteiger charge is 2.24. The van der Waals surface area contributed by atoms with Crippen molar-refractivity contribution in [2.75, 3.05) is 19.8 Å². The van der Waals surface area contributed by atoms with E-state index in [-0.39, 0.29) is 23.0 Å². The van der Waals surface area contributed by atoms with Crippen molar-refractivity contribution in [1.82, 2.24) is 15.0 Å². The molecule has 3 atom stereocenters. The Hall–Kier alpha value is -1.98. The first-order valence-electron chi connectivity index (χ1n) is 6.64. The topological polar surface area (TPSA) is 166 Å². The first-order chi connectivity index (χ1) is 10.8. The van der Waals surface area contributed by atoms with Gasteiger partial charge < -0.3 is 30.3 Å². The molecular weight excluding hydrogens is 310 g/mol. The fraction of sp³-hybridized carbons (Fsp3) is 0.538. The van der Waals surface area contributed by atoms with Gasteiger partial charge in [-0.3, -0.25) is 0 Å². The van der Waals surface area contributed by atoms with Crippen molar-refractivity contribution >= 4 is 5.97 Å². The van der Waals surface area contributed by atoms with Crippen LogP contribution in [0, 0.1) is 0 Å². The van der Waals surface area contributed by atoms with Crippen molar-refractivity contribution in [3.63, 3.8) is 0 Å². The predicted molar refractivity (Wildman–Crippen MR) is 74.7 cm³/mol. The Morgan fingerprint density at radius 1 is 1.00 bits per heavy atom. The molecule has 23 heavy (non-hydrogen) atoms. The number of carbonyl (C=O) groups is 1. The van der Waals surface area contributed by atoms with Crippen molar-refractivity contribution in [1.29, 1.82) is 0 Å². The zero-order valence-corrected chi connectivity index (χ0v) is 12.5. The van der Waals surface area contributed by atoms with Gasteiger partial charge in [-0.05, 0) is 6.92 Å². The molecule has 1 rings (SSSR count). The van der Waals surface area contributed by atoms with Gasteiger partial charge in [-0.1, -0.05) is 6.58 Å². The van der Waals surface area contributed by atoms with Gasteiger partial charge in [0, 0.05) is 5.57 Å². The summed E-state index contributed by atoms with van der Waals surface area (Å²) in [6.45, 7) is 2.73. The summed E-state index contributed by atoms with van der Waals surface area (Å²) in [5, 5.41) is 46.5. The highest BCUT2D eigenvalue weighted by molar-refractivity contribution is 5.87.